The van der Waals surface area contributed by atoms with E-state index in [2.05, 4.69) is 36.5 Å². The van der Waals surface area contributed by atoms with E-state index in [0.29, 0.717) is 38.6 Å². The number of ether oxygens (including phenoxy) is 1. The van der Waals surface area contributed by atoms with E-state index in [1.807, 2.05) is 31.2 Å². The predicted molar refractivity (Wildman–Crippen MR) is 152 cm³/mol. The van der Waals surface area contributed by atoms with Gasteiger partial charge in [-0.25, -0.2) is 0 Å². The van der Waals surface area contributed by atoms with Gasteiger partial charge in [-0.1, -0.05) is 80.8 Å². The lowest BCUT2D eigenvalue weighted by molar-refractivity contribution is -0.150. The zero-order valence-corrected chi connectivity index (χ0v) is 23.4. The Hall–Kier alpha value is -2.44. The number of aliphatic hydroxyl groups excluding tert-OH is 2. The smallest absolute Gasteiger partial charge is 0.306 e. The largest absolute Gasteiger partial charge is 0.462 e. The van der Waals surface area contributed by atoms with E-state index in [1.54, 1.807) is 6.08 Å². The molecule has 6 nitrogen and oxygen atoms in total. The van der Waals surface area contributed by atoms with Crippen LogP contribution in [0.3, 0.4) is 0 Å². The van der Waals surface area contributed by atoms with Crippen molar-refractivity contribution in [3.05, 3.63) is 60.2 Å². The number of carbonyl (C=O) groups is 2. The van der Waals surface area contributed by atoms with Gasteiger partial charge in [0.25, 0.3) is 0 Å². The van der Waals surface area contributed by atoms with E-state index in [1.165, 1.54) is 5.56 Å². The summed E-state index contributed by atoms with van der Waals surface area (Å²) in [5.74, 6) is -0.383. The first-order valence-electron chi connectivity index (χ1n) is 14.6. The highest BCUT2D eigenvalue weighted by molar-refractivity contribution is 5.75. The van der Waals surface area contributed by atoms with Gasteiger partial charge in [0.1, 0.15) is 6.10 Å². The van der Waals surface area contributed by atoms with Gasteiger partial charge in [-0.15, -0.1) is 0 Å². The van der Waals surface area contributed by atoms with Gasteiger partial charge in [0.15, 0.2) is 0 Å². The number of allylic oxidation sites excluding steroid dienone is 2. The van der Waals surface area contributed by atoms with Crippen LogP contribution in [0.1, 0.15) is 90.0 Å². The highest BCUT2D eigenvalue weighted by Gasteiger charge is 2.42. The van der Waals surface area contributed by atoms with Crippen LogP contribution in [-0.4, -0.2) is 46.9 Å². The first-order chi connectivity index (χ1) is 18.4. The summed E-state index contributed by atoms with van der Waals surface area (Å²) in [6.45, 7) is 4.70. The fraction of sp³-hybridized carbons (Fsp3) is 0.625. The van der Waals surface area contributed by atoms with E-state index < -0.39 is 18.3 Å². The molecule has 2 rings (SSSR count). The van der Waals surface area contributed by atoms with Crippen LogP contribution in [0.2, 0.25) is 0 Å². The van der Waals surface area contributed by atoms with Gasteiger partial charge in [-0.05, 0) is 56.9 Å². The summed E-state index contributed by atoms with van der Waals surface area (Å²) in [4.78, 5) is 24.1. The summed E-state index contributed by atoms with van der Waals surface area (Å²) in [5.41, 5.74) is 1.18. The van der Waals surface area contributed by atoms with E-state index in [4.69, 9.17) is 4.74 Å². The van der Waals surface area contributed by atoms with Crippen molar-refractivity contribution in [1.82, 2.24) is 5.32 Å². The Morgan fingerprint density at radius 3 is 2.61 bits per heavy atom. The number of amides is 1. The fourth-order valence-electron chi connectivity index (χ4n) is 5.08. The number of aryl methyl sites for hydroxylation is 1. The van der Waals surface area contributed by atoms with Gasteiger partial charge < -0.3 is 20.3 Å². The molecule has 212 valence electrons. The molecule has 1 saturated carbocycles. The molecule has 0 heterocycles. The van der Waals surface area contributed by atoms with Crippen molar-refractivity contribution in [2.24, 2.45) is 11.8 Å². The summed E-state index contributed by atoms with van der Waals surface area (Å²) in [6, 6.07) is 10.1. The third kappa shape index (κ3) is 12.4. The number of rotatable bonds is 18. The number of hydrogen-bond acceptors (Lipinski definition) is 5. The Balaban J connectivity index is 1.96. The topological polar surface area (TPSA) is 95.9 Å². The molecule has 1 aromatic rings. The Kier molecular flexibility index (Phi) is 15.7. The molecule has 0 unspecified atom stereocenters. The van der Waals surface area contributed by atoms with Gasteiger partial charge in [0.05, 0.1) is 12.2 Å². The number of hydrogen-bond donors (Lipinski definition) is 3. The van der Waals surface area contributed by atoms with Crippen LogP contribution in [0.5, 0.6) is 0 Å². The first kappa shape index (κ1) is 31.8. The maximum atomic E-state index is 12.5. The fourth-order valence-corrected chi connectivity index (χ4v) is 5.08. The molecular formula is C32H49NO5. The maximum Gasteiger partial charge on any atom is 0.306 e. The van der Waals surface area contributed by atoms with E-state index >= 15 is 0 Å². The van der Waals surface area contributed by atoms with Gasteiger partial charge in [-0.3, -0.25) is 9.59 Å². The van der Waals surface area contributed by atoms with Gasteiger partial charge >= 0.3 is 5.97 Å². The second-order valence-corrected chi connectivity index (χ2v) is 10.4. The van der Waals surface area contributed by atoms with Gasteiger partial charge in [-0.2, -0.15) is 0 Å². The minimum atomic E-state index is -0.608. The van der Waals surface area contributed by atoms with Crippen molar-refractivity contribution in [2.75, 3.05) is 6.54 Å². The van der Waals surface area contributed by atoms with Crippen molar-refractivity contribution in [3.8, 4) is 0 Å². The van der Waals surface area contributed by atoms with Gasteiger partial charge in [0, 0.05) is 31.7 Å². The molecule has 0 aromatic heterocycles. The Bertz CT molecular complexity index is 853. The third-order valence-electron chi connectivity index (χ3n) is 7.26. The number of esters is 1. The second-order valence-electron chi connectivity index (χ2n) is 10.4. The SMILES string of the molecule is CCCCCCC(=O)O[C@@H]1C[C@H](O)[C@H](C/C=C\CCCC(=O)NCC)[C@H]1/C=C/[C@@H](O)CCc1ccccc1. The monoisotopic (exact) mass is 527 g/mol. The molecule has 5 atom stereocenters. The molecule has 3 N–H and O–H groups in total. The lowest BCUT2D eigenvalue weighted by Crippen LogP contribution is -2.24. The molecule has 1 amide bonds. The molecule has 0 bridgehead atoms. The number of aliphatic hydroxyl groups is 2. The highest BCUT2D eigenvalue weighted by atomic mass is 16.5. The number of unbranched alkanes of at least 4 members (excludes halogenated alkanes) is 4. The highest BCUT2D eigenvalue weighted by Crippen LogP contribution is 2.38. The molecule has 6 heteroatoms. The zero-order chi connectivity index (χ0) is 27.6. The third-order valence-corrected chi connectivity index (χ3v) is 7.26. The van der Waals surface area contributed by atoms with Crippen molar-refractivity contribution in [2.45, 2.75) is 109 Å². The second kappa shape index (κ2) is 18.8. The number of benzene rings is 1. The van der Waals surface area contributed by atoms with Crippen molar-refractivity contribution >= 4 is 11.9 Å². The molecule has 0 radical (unpaired) electrons. The average Bonchev–Trinajstić information content (AvgIpc) is 3.20. The molecule has 38 heavy (non-hydrogen) atoms. The zero-order valence-electron chi connectivity index (χ0n) is 23.4. The summed E-state index contributed by atoms with van der Waals surface area (Å²) >= 11 is 0. The Labute approximate surface area is 229 Å². The average molecular weight is 528 g/mol. The van der Waals surface area contributed by atoms with Crippen LogP contribution in [0.15, 0.2) is 54.6 Å². The van der Waals surface area contributed by atoms with Crippen LogP contribution in [0, 0.1) is 11.8 Å². The standard InChI is InChI=1S/C32H49NO5/c1-3-5-6-14-19-32(37)38-30-24-29(35)27(17-12-7-8-13-18-31(36)33-4-2)28(30)23-22-26(34)21-20-25-15-10-9-11-16-25/h7,9-12,15-16,22-23,26-30,34-35H,3-6,8,13-14,17-21,24H2,1-2H3,(H,33,36)/b12-7-,23-22+/t26-,27+,28+,29-,30+/m0/s1. The normalized spacial score (nSPS) is 22.2. The molecule has 1 aromatic carbocycles. The lowest BCUT2D eigenvalue weighted by Gasteiger charge is -2.22. The molecule has 0 saturated heterocycles. The molecular weight excluding hydrogens is 478 g/mol. The van der Waals surface area contributed by atoms with E-state index in [-0.39, 0.29) is 23.7 Å². The predicted octanol–water partition coefficient (Wildman–Crippen LogP) is 5.67. The first-order valence-corrected chi connectivity index (χ1v) is 14.6. The van der Waals surface area contributed by atoms with Crippen LogP contribution < -0.4 is 5.32 Å². The van der Waals surface area contributed by atoms with E-state index in [9.17, 15) is 19.8 Å². The minimum Gasteiger partial charge on any atom is -0.462 e. The van der Waals surface area contributed by atoms with Crippen LogP contribution >= 0.6 is 0 Å². The van der Waals surface area contributed by atoms with Crippen LogP contribution in [-0.2, 0) is 20.7 Å². The summed E-state index contributed by atoms with van der Waals surface area (Å²) < 4.78 is 5.86. The van der Waals surface area contributed by atoms with Crippen LogP contribution in [0.25, 0.3) is 0 Å². The molecule has 0 aliphatic heterocycles. The summed E-state index contributed by atoms with van der Waals surface area (Å²) in [5, 5.41) is 24.3. The maximum absolute atomic E-state index is 12.5. The van der Waals surface area contributed by atoms with Crippen molar-refractivity contribution in [1.29, 1.82) is 0 Å². The lowest BCUT2D eigenvalue weighted by atomic mass is 9.89. The quantitative estimate of drug-likeness (QED) is 0.130. The number of nitrogens with one attached hydrogen (secondary N) is 1. The Morgan fingerprint density at radius 2 is 1.87 bits per heavy atom. The van der Waals surface area contributed by atoms with Crippen molar-refractivity contribution in [3.63, 3.8) is 0 Å². The summed E-state index contributed by atoms with van der Waals surface area (Å²) in [6.07, 6.45) is 15.3. The minimum absolute atomic E-state index is 0.0718. The van der Waals surface area contributed by atoms with E-state index in [0.717, 1.165) is 44.9 Å². The summed E-state index contributed by atoms with van der Waals surface area (Å²) in [7, 11) is 0. The molecule has 1 fully saturated rings. The Morgan fingerprint density at radius 1 is 1.08 bits per heavy atom. The molecule has 0 spiro atoms. The molecule has 1 aliphatic rings. The molecule has 1 aliphatic carbocycles. The number of carbonyl (C=O) groups excluding carboxylic acids is 2. The van der Waals surface area contributed by atoms with Crippen LogP contribution in [0.4, 0.5) is 0 Å². The van der Waals surface area contributed by atoms with Gasteiger partial charge in [0.2, 0.25) is 5.91 Å². The van der Waals surface area contributed by atoms with Crippen molar-refractivity contribution < 1.29 is 24.5 Å².